The second kappa shape index (κ2) is 11.7. The molecular formula is C25H29N3O5S. The Balaban J connectivity index is 1.75. The van der Waals surface area contributed by atoms with E-state index in [0.29, 0.717) is 41.1 Å². The van der Waals surface area contributed by atoms with Crippen LogP contribution in [0, 0.1) is 5.92 Å². The Morgan fingerprint density at radius 1 is 1.15 bits per heavy atom. The number of carbonyl (C=O) groups is 2. The molecule has 0 radical (unpaired) electrons. The fraction of sp³-hybridized carbons (Fsp3) is 0.360. The van der Waals surface area contributed by atoms with E-state index >= 15 is 0 Å². The number of fused-ring (bicyclic) bond motifs is 1. The highest BCUT2D eigenvalue weighted by atomic mass is 32.2. The highest BCUT2D eigenvalue weighted by Crippen LogP contribution is 2.21. The van der Waals surface area contributed by atoms with E-state index in [4.69, 9.17) is 9.47 Å². The van der Waals surface area contributed by atoms with Crippen molar-refractivity contribution in [1.82, 2.24) is 14.9 Å². The Bertz CT molecular complexity index is 1240. The van der Waals surface area contributed by atoms with Crippen molar-refractivity contribution in [3.63, 3.8) is 0 Å². The summed E-state index contributed by atoms with van der Waals surface area (Å²) in [7, 11) is 2.92. The van der Waals surface area contributed by atoms with Gasteiger partial charge in [-0.15, -0.1) is 0 Å². The molecule has 180 valence electrons. The summed E-state index contributed by atoms with van der Waals surface area (Å²) in [6.07, 6.45) is 0.642. The summed E-state index contributed by atoms with van der Waals surface area (Å²) in [5.41, 5.74) is 1.52. The lowest BCUT2D eigenvalue weighted by atomic mass is 10.1. The lowest BCUT2D eigenvalue weighted by Gasteiger charge is -2.15. The Morgan fingerprint density at radius 2 is 1.91 bits per heavy atom. The molecule has 0 aliphatic rings. The Morgan fingerprint density at radius 3 is 2.62 bits per heavy atom. The van der Waals surface area contributed by atoms with E-state index in [0.717, 1.165) is 11.3 Å². The first-order valence-electron chi connectivity index (χ1n) is 11.0. The lowest BCUT2D eigenvalue weighted by Crippen LogP contribution is -2.29. The third kappa shape index (κ3) is 6.17. The van der Waals surface area contributed by atoms with Gasteiger partial charge < -0.3 is 14.8 Å². The van der Waals surface area contributed by atoms with Crippen LogP contribution in [0.2, 0.25) is 0 Å². The number of methoxy groups -OCH3 is 2. The smallest absolute Gasteiger partial charge is 0.337 e. The maximum Gasteiger partial charge on any atom is 0.337 e. The van der Waals surface area contributed by atoms with E-state index in [-0.39, 0.29) is 23.1 Å². The first-order valence-corrected chi connectivity index (χ1v) is 12.0. The second-order valence-corrected chi connectivity index (χ2v) is 9.07. The predicted octanol–water partition coefficient (Wildman–Crippen LogP) is 3.30. The summed E-state index contributed by atoms with van der Waals surface area (Å²) in [6.45, 7) is 4.95. The van der Waals surface area contributed by atoms with Crippen LogP contribution in [0.1, 0.15) is 29.8 Å². The highest BCUT2D eigenvalue weighted by molar-refractivity contribution is 7.99. The van der Waals surface area contributed by atoms with Crippen molar-refractivity contribution < 1.29 is 19.1 Å². The van der Waals surface area contributed by atoms with Crippen molar-refractivity contribution in [1.29, 1.82) is 0 Å². The number of thioether (sulfide) groups is 1. The minimum absolute atomic E-state index is 0.110. The number of hydrogen-bond acceptors (Lipinski definition) is 7. The quantitative estimate of drug-likeness (QED) is 0.268. The summed E-state index contributed by atoms with van der Waals surface area (Å²) >= 11 is 1.20. The number of esters is 1. The maximum atomic E-state index is 13.2. The van der Waals surface area contributed by atoms with Gasteiger partial charge in [0.1, 0.15) is 5.75 Å². The molecule has 3 rings (SSSR count). The number of hydrogen-bond donors (Lipinski definition) is 1. The summed E-state index contributed by atoms with van der Waals surface area (Å²) in [6, 6.07) is 12.4. The standard InChI is InChI=1S/C25H29N3O5S/c1-16(2)14-28-23(30)19-10-9-18(24(31)33-4)13-20(19)27-25(28)34-15-22(29)26-12-11-17-7-5-6-8-21(17)32-3/h5-10,13,16H,11-12,14-15H2,1-4H3,(H,26,29). The SMILES string of the molecule is COC(=O)c1ccc2c(=O)n(CC(C)C)c(SCC(=O)NCCc3ccccc3OC)nc2c1. The van der Waals surface area contributed by atoms with Crippen LogP contribution < -0.4 is 15.6 Å². The van der Waals surface area contributed by atoms with Crippen molar-refractivity contribution in [2.75, 3.05) is 26.5 Å². The monoisotopic (exact) mass is 483 g/mol. The minimum atomic E-state index is -0.501. The number of nitrogens with zero attached hydrogens (tertiary/aromatic N) is 2. The largest absolute Gasteiger partial charge is 0.496 e. The van der Waals surface area contributed by atoms with E-state index < -0.39 is 5.97 Å². The molecular weight excluding hydrogens is 454 g/mol. The van der Waals surface area contributed by atoms with Crippen molar-refractivity contribution in [2.45, 2.75) is 32.0 Å². The van der Waals surface area contributed by atoms with Crippen molar-refractivity contribution in [2.24, 2.45) is 5.92 Å². The van der Waals surface area contributed by atoms with Gasteiger partial charge in [0.2, 0.25) is 5.91 Å². The Labute approximate surface area is 202 Å². The van der Waals surface area contributed by atoms with E-state index in [2.05, 4.69) is 10.3 Å². The second-order valence-electron chi connectivity index (χ2n) is 8.13. The number of benzene rings is 2. The van der Waals surface area contributed by atoms with Gasteiger partial charge in [0.05, 0.1) is 36.4 Å². The average Bonchev–Trinajstić information content (AvgIpc) is 2.84. The van der Waals surface area contributed by atoms with Gasteiger partial charge in [-0.05, 0) is 42.2 Å². The van der Waals surface area contributed by atoms with Gasteiger partial charge in [-0.25, -0.2) is 9.78 Å². The summed E-state index contributed by atoms with van der Waals surface area (Å²) in [5, 5.41) is 3.76. The molecule has 34 heavy (non-hydrogen) atoms. The van der Waals surface area contributed by atoms with Gasteiger partial charge >= 0.3 is 5.97 Å². The molecule has 2 aromatic carbocycles. The topological polar surface area (TPSA) is 99.5 Å². The maximum absolute atomic E-state index is 13.2. The third-order valence-electron chi connectivity index (χ3n) is 5.13. The van der Waals surface area contributed by atoms with E-state index in [9.17, 15) is 14.4 Å². The van der Waals surface area contributed by atoms with Crippen LogP contribution in [0.25, 0.3) is 10.9 Å². The number of nitrogens with one attached hydrogen (secondary N) is 1. The van der Waals surface area contributed by atoms with Gasteiger partial charge in [0.25, 0.3) is 5.56 Å². The molecule has 0 atom stereocenters. The Kier molecular flexibility index (Phi) is 8.70. The van der Waals surface area contributed by atoms with E-state index in [1.54, 1.807) is 29.9 Å². The molecule has 0 bridgehead atoms. The first-order chi connectivity index (χ1) is 16.3. The molecule has 0 aliphatic heterocycles. The number of amides is 1. The number of ether oxygens (including phenoxy) is 2. The van der Waals surface area contributed by atoms with Crippen LogP contribution >= 0.6 is 11.8 Å². The normalized spacial score (nSPS) is 11.0. The summed E-state index contributed by atoms with van der Waals surface area (Å²) < 4.78 is 11.7. The predicted molar refractivity (Wildman–Crippen MR) is 133 cm³/mol. The number of para-hydroxylation sites is 1. The zero-order valence-electron chi connectivity index (χ0n) is 19.8. The fourth-order valence-electron chi connectivity index (χ4n) is 3.51. The minimum Gasteiger partial charge on any atom is -0.496 e. The fourth-order valence-corrected chi connectivity index (χ4v) is 4.35. The van der Waals surface area contributed by atoms with E-state index in [1.165, 1.54) is 18.9 Å². The molecule has 0 saturated carbocycles. The number of carbonyl (C=O) groups excluding carboxylic acids is 2. The zero-order valence-corrected chi connectivity index (χ0v) is 20.6. The first kappa shape index (κ1) is 25.3. The Hall–Kier alpha value is -3.33. The molecule has 0 saturated heterocycles. The van der Waals surface area contributed by atoms with Crippen LogP contribution in [-0.2, 0) is 22.5 Å². The molecule has 8 nitrogen and oxygen atoms in total. The van der Waals surface area contributed by atoms with Gasteiger partial charge in [-0.3, -0.25) is 14.2 Å². The van der Waals surface area contributed by atoms with Crippen LogP contribution in [0.4, 0.5) is 0 Å². The molecule has 1 N–H and O–H groups in total. The summed E-state index contributed by atoms with van der Waals surface area (Å²) in [5.74, 6) is 0.446. The molecule has 1 heterocycles. The zero-order chi connectivity index (χ0) is 24.7. The van der Waals surface area contributed by atoms with Gasteiger partial charge in [-0.2, -0.15) is 0 Å². The van der Waals surface area contributed by atoms with Crippen LogP contribution in [-0.4, -0.2) is 47.9 Å². The molecule has 0 spiro atoms. The van der Waals surface area contributed by atoms with Crippen LogP contribution in [0.15, 0.2) is 52.4 Å². The molecule has 9 heteroatoms. The van der Waals surface area contributed by atoms with E-state index in [1.807, 2.05) is 38.1 Å². The van der Waals surface area contributed by atoms with Crippen molar-refractivity contribution in [3.05, 3.63) is 63.9 Å². The highest BCUT2D eigenvalue weighted by Gasteiger charge is 2.16. The lowest BCUT2D eigenvalue weighted by molar-refractivity contribution is -0.118. The summed E-state index contributed by atoms with van der Waals surface area (Å²) in [4.78, 5) is 42.1. The van der Waals surface area contributed by atoms with Crippen LogP contribution in [0.5, 0.6) is 5.75 Å². The molecule has 1 amide bonds. The molecule has 0 fully saturated rings. The van der Waals surface area contributed by atoms with Gasteiger partial charge in [0, 0.05) is 13.1 Å². The van der Waals surface area contributed by atoms with Crippen molar-refractivity contribution >= 4 is 34.5 Å². The molecule has 3 aromatic rings. The van der Waals surface area contributed by atoms with Crippen LogP contribution in [0.3, 0.4) is 0 Å². The molecule has 0 aliphatic carbocycles. The number of rotatable bonds is 10. The van der Waals surface area contributed by atoms with Gasteiger partial charge in [-0.1, -0.05) is 43.8 Å². The molecule has 0 unspecified atom stereocenters. The third-order valence-corrected chi connectivity index (χ3v) is 6.11. The molecule has 1 aromatic heterocycles. The van der Waals surface area contributed by atoms with Gasteiger partial charge in [0.15, 0.2) is 5.16 Å². The average molecular weight is 484 g/mol. The number of aromatic nitrogens is 2. The van der Waals surface area contributed by atoms with Crippen molar-refractivity contribution in [3.8, 4) is 5.75 Å².